The van der Waals surface area contributed by atoms with Crippen LogP contribution in [-0.4, -0.2) is 15.5 Å². The molecule has 0 aromatic carbocycles. The monoisotopic (exact) mass is 305 g/mol. The number of nitrogens with one attached hydrogen (secondary N) is 1. The molecule has 0 unspecified atom stereocenters. The first-order valence-corrected chi connectivity index (χ1v) is 8.25. The van der Waals surface area contributed by atoms with E-state index in [1.807, 2.05) is 17.8 Å². The van der Waals surface area contributed by atoms with Gasteiger partial charge in [0, 0.05) is 30.7 Å². The summed E-state index contributed by atoms with van der Waals surface area (Å²) in [6.45, 7) is 4.20. The molecule has 4 nitrogen and oxygen atoms in total. The van der Waals surface area contributed by atoms with Crippen LogP contribution in [-0.2, 0) is 18.3 Å². The lowest BCUT2D eigenvalue weighted by molar-refractivity contribution is -0.122. The highest BCUT2D eigenvalue weighted by molar-refractivity contribution is 7.09. The van der Waals surface area contributed by atoms with Gasteiger partial charge in [-0.3, -0.25) is 4.79 Å². The van der Waals surface area contributed by atoms with Gasteiger partial charge in [-0.15, -0.1) is 11.3 Å². The molecule has 2 aromatic rings. The largest absolute Gasteiger partial charge is 0.346 e. The summed E-state index contributed by atoms with van der Waals surface area (Å²) in [7, 11) is 1.96. The number of carbonyl (C=O) groups is 1. The lowest BCUT2D eigenvalue weighted by atomic mass is 10.0. The van der Waals surface area contributed by atoms with Crippen LogP contribution < -0.4 is 5.32 Å². The molecule has 0 aliphatic rings. The maximum atomic E-state index is 12.1. The van der Waals surface area contributed by atoms with E-state index >= 15 is 0 Å². The van der Waals surface area contributed by atoms with Crippen molar-refractivity contribution in [3.05, 3.63) is 40.6 Å². The van der Waals surface area contributed by atoms with Gasteiger partial charge in [0.1, 0.15) is 5.82 Å². The molecule has 0 aliphatic carbocycles. The quantitative estimate of drug-likeness (QED) is 0.853. The van der Waals surface area contributed by atoms with E-state index in [0.717, 1.165) is 18.7 Å². The fourth-order valence-corrected chi connectivity index (χ4v) is 3.08. The van der Waals surface area contributed by atoms with E-state index in [9.17, 15) is 4.79 Å². The lowest BCUT2D eigenvalue weighted by Gasteiger charge is -2.22. The van der Waals surface area contributed by atoms with E-state index in [2.05, 4.69) is 41.7 Å². The van der Waals surface area contributed by atoms with Crippen molar-refractivity contribution in [2.75, 3.05) is 0 Å². The molecule has 2 rings (SSSR count). The molecule has 21 heavy (non-hydrogen) atoms. The minimum atomic E-state index is -0.0285. The molecular weight excluding hydrogens is 282 g/mol. The van der Waals surface area contributed by atoms with Crippen molar-refractivity contribution in [2.24, 2.45) is 13.0 Å². The highest BCUT2D eigenvalue weighted by Gasteiger charge is 2.21. The average molecular weight is 305 g/mol. The van der Waals surface area contributed by atoms with Gasteiger partial charge < -0.3 is 9.88 Å². The van der Waals surface area contributed by atoms with E-state index in [1.54, 1.807) is 17.5 Å². The fourth-order valence-electron chi connectivity index (χ4n) is 2.33. The zero-order chi connectivity index (χ0) is 15.2. The summed E-state index contributed by atoms with van der Waals surface area (Å²) in [5.41, 5.74) is 0. The van der Waals surface area contributed by atoms with E-state index < -0.39 is 0 Å². The van der Waals surface area contributed by atoms with Crippen molar-refractivity contribution < 1.29 is 4.79 Å². The number of amides is 1. The van der Waals surface area contributed by atoms with Crippen LogP contribution >= 0.6 is 11.3 Å². The van der Waals surface area contributed by atoms with Crippen LogP contribution in [0.4, 0.5) is 0 Å². The van der Waals surface area contributed by atoms with Crippen LogP contribution in [0, 0.1) is 5.92 Å². The first-order chi connectivity index (χ1) is 10.1. The zero-order valence-corrected chi connectivity index (χ0v) is 13.7. The Morgan fingerprint density at radius 3 is 2.86 bits per heavy atom. The van der Waals surface area contributed by atoms with Crippen molar-refractivity contribution in [3.63, 3.8) is 0 Å². The number of nitrogens with zero attached hydrogens (tertiary/aromatic N) is 2. The summed E-state index contributed by atoms with van der Waals surface area (Å²) in [6, 6.07) is 4.14. The molecule has 0 aliphatic heterocycles. The Balaban J connectivity index is 1.85. The molecule has 1 N–H and O–H groups in total. The standard InChI is InChI=1S/C16H23N3OS/c1-12(2)15(16-17-9-10-19(16)3)18-14(20)8-4-6-13-7-5-11-21-13/h5,7,9-12,15H,4,6,8H2,1-3H3,(H,18,20)/t15-/m0/s1. The SMILES string of the molecule is CC(C)[C@H](NC(=O)CCCc1cccs1)c1nccn1C. The van der Waals surface area contributed by atoms with E-state index in [-0.39, 0.29) is 11.9 Å². The zero-order valence-electron chi connectivity index (χ0n) is 12.9. The Labute approximate surface area is 130 Å². The predicted octanol–water partition coefficient (Wildman–Crippen LogP) is 3.32. The van der Waals surface area contributed by atoms with Crippen LogP contribution in [0.3, 0.4) is 0 Å². The number of imidazole rings is 1. The van der Waals surface area contributed by atoms with Gasteiger partial charge in [-0.05, 0) is 30.2 Å². The second-order valence-electron chi connectivity index (χ2n) is 5.62. The third-order valence-corrected chi connectivity index (χ3v) is 4.46. The summed E-state index contributed by atoms with van der Waals surface area (Å²) in [4.78, 5) is 17.8. The Morgan fingerprint density at radius 1 is 1.48 bits per heavy atom. The van der Waals surface area contributed by atoms with Gasteiger partial charge >= 0.3 is 0 Å². The van der Waals surface area contributed by atoms with Crippen LogP contribution in [0.2, 0.25) is 0 Å². The number of hydrogen-bond acceptors (Lipinski definition) is 3. The van der Waals surface area contributed by atoms with Gasteiger partial charge in [0.2, 0.25) is 5.91 Å². The highest BCUT2D eigenvalue weighted by Crippen LogP contribution is 2.20. The van der Waals surface area contributed by atoms with Crippen molar-refractivity contribution in [1.29, 1.82) is 0 Å². The maximum Gasteiger partial charge on any atom is 0.220 e. The van der Waals surface area contributed by atoms with Crippen LogP contribution in [0.15, 0.2) is 29.9 Å². The molecule has 0 fully saturated rings. The number of aromatic nitrogens is 2. The number of hydrogen-bond donors (Lipinski definition) is 1. The molecule has 0 radical (unpaired) electrons. The van der Waals surface area contributed by atoms with Crippen molar-refractivity contribution >= 4 is 17.2 Å². The smallest absolute Gasteiger partial charge is 0.220 e. The summed E-state index contributed by atoms with van der Waals surface area (Å²) in [6.07, 6.45) is 6.10. The fraction of sp³-hybridized carbons (Fsp3) is 0.500. The third kappa shape index (κ3) is 4.43. The molecule has 0 saturated carbocycles. The Morgan fingerprint density at radius 2 is 2.29 bits per heavy atom. The first kappa shape index (κ1) is 15.8. The van der Waals surface area contributed by atoms with Crippen molar-refractivity contribution in [2.45, 2.75) is 39.2 Å². The maximum absolute atomic E-state index is 12.1. The van der Waals surface area contributed by atoms with Gasteiger partial charge in [-0.25, -0.2) is 4.98 Å². The first-order valence-electron chi connectivity index (χ1n) is 7.37. The normalized spacial score (nSPS) is 12.6. The molecular formula is C16H23N3OS. The third-order valence-electron chi connectivity index (χ3n) is 3.53. The van der Waals surface area contributed by atoms with Crippen LogP contribution in [0.25, 0.3) is 0 Å². The van der Waals surface area contributed by atoms with Crippen LogP contribution in [0.1, 0.15) is 43.4 Å². The summed E-state index contributed by atoms with van der Waals surface area (Å²) in [5, 5.41) is 5.20. The highest BCUT2D eigenvalue weighted by atomic mass is 32.1. The second-order valence-corrected chi connectivity index (χ2v) is 6.65. The summed E-state index contributed by atoms with van der Waals surface area (Å²) in [5.74, 6) is 1.33. The molecule has 0 bridgehead atoms. The molecule has 5 heteroatoms. The molecule has 1 atom stereocenters. The van der Waals surface area contributed by atoms with Gasteiger partial charge in [-0.1, -0.05) is 19.9 Å². The number of carbonyl (C=O) groups excluding carboxylic acids is 1. The Hall–Kier alpha value is -1.62. The second kappa shape index (κ2) is 7.41. The minimum absolute atomic E-state index is 0.0285. The van der Waals surface area contributed by atoms with Gasteiger partial charge in [0.25, 0.3) is 0 Å². The van der Waals surface area contributed by atoms with Crippen LogP contribution in [0.5, 0.6) is 0 Å². The van der Waals surface area contributed by atoms with Crippen molar-refractivity contribution in [1.82, 2.24) is 14.9 Å². The average Bonchev–Trinajstić information content (AvgIpc) is 3.07. The topological polar surface area (TPSA) is 46.9 Å². The predicted molar refractivity (Wildman–Crippen MR) is 86.2 cm³/mol. The molecule has 114 valence electrons. The van der Waals surface area contributed by atoms with E-state index in [4.69, 9.17) is 0 Å². The number of rotatable bonds is 7. The van der Waals surface area contributed by atoms with Gasteiger partial charge in [0.05, 0.1) is 6.04 Å². The van der Waals surface area contributed by atoms with Gasteiger partial charge in [0.15, 0.2) is 0 Å². The summed E-state index contributed by atoms with van der Waals surface area (Å²) >= 11 is 1.75. The number of aryl methyl sites for hydroxylation is 2. The Kier molecular flexibility index (Phi) is 5.56. The minimum Gasteiger partial charge on any atom is -0.346 e. The number of thiophene rings is 1. The molecule has 0 spiro atoms. The van der Waals surface area contributed by atoms with Gasteiger partial charge in [-0.2, -0.15) is 0 Å². The molecule has 2 aromatic heterocycles. The Bertz CT molecular complexity index is 560. The molecule has 1 amide bonds. The molecule has 0 saturated heterocycles. The van der Waals surface area contributed by atoms with E-state index in [1.165, 1.54) is 4.88 Å². The summed E-state index contributed by atoms with van der Waals surface area (Å²) < 4.78 is 1.97. The lowest BCUT2D eigenvalue weighted by Crippen LogP contribution is -2.33. The van der Waals surface area contributed by atoms with E-state index in [0.29, 0.717) is 12.3 Å². The molecule has 2 heterocycles. The van der Waals surface area contributed by atoms with Crippen molar-refractivity contribution in [3.8, 4) is 0 Å².